The smallest absolute Gasteiger partial charge is 0.357 e. The first-order valence-corrected chi connectivity index (χ1v) is 14.7. The first-order valence-electron chi connectivity index (χ1n) is 14.7. The minimum atomic E-state index is -0.841. The number of esters is 4. The van der Waals surface area contributed by atoms with Crippen molar-refractivity contribution in [1.29, 1.82) is 0 Å². The summed E-state index contributed by atoms with van der Waals surface area (Å²) in [5.41, 5.74) is -0.450. The summed E-state index contributed by atoms with van der Waals surface area (Å²) in [7, 11) is 0. The number of fused-ring (bicyclic) bond motifs is 4. The van der Waals surface area contributed by atoms with E-state index in [0.717, 1.165) is 0 Å². The summed E-state index contributed by atoms with van der Waals surface area (Å²) in [5.74, 6) is -3.36. The van der Waals surface area contributed by atoms with Crippen molar-refractivity contribution in [3.05, 3.63) is 47.0 Å². The molecule has 2 aliphatic heterocycles. The van der Waals surface area contributed by atoms with Crippen LogP contribution in [0.2, 0.25) is 0 Å². The Morgan fingerprint density at radius 2 is 0.522 bits per heavy atom. The molecule has 0 aliphatic carbocycles. The molecule has 16 nitrogen and oxygen atoms in total. The number of aromatic nitrogens is 2. The molecule has 0 amide bonds. The van der Waals surface area contributed by atoms with E-state index in [1.54, 1.807) is 0 Å². The van der Waals surface area contributed by atoms with Crippen LogP contribution in [0.3, 0.4) is 0 Å². The summed E-state index contributed by atoms with van der Waals surface area (Å²) in [6, 6.07) is 5.38. The second kappa shape index (κ2) is 19.5. The maximum atomic E-state index is 13.0. The van der Waals surface area contributed by atoms with Gasteiger partial charge in [-0.1, -0.05) is 0 Å². The van der Waals surface area contributed by atoms with E-state index < -0.39 is 23.9 Å². The highest BCUT2D eigenvalue weighted by Gasteiger charge is 2.22. The zero-order chi connectivity index (χ0) is 32.4. The van der Waals surface area contributed by atoms with Crippen LogP contribution in [0.1, 0.15) is 42.0 Å². The fourth-order valence-electron chi connectivity index (χ4n) is 3.97. The monoisotopic (exact) mass is 648 g/mol. The molecular formula is C30H36N2O14. The molecule has 4 bridgehead atoms. The first kappa shape index (κ1) is 34.8. The Kier molecular flexibility index (Phi) is 14.7. The van der Waals surface area contributed by atoms with Crippen LogP contribution in [0.5, 0.6) is 0 Å². The molecule has 0 fully saturated rings. The number of carbonyl (C=O) groups is 4. The molecule has 0 aromatic carbocycles. The Morgan fingerprint density at radius 3 is 0.739 bits per heavy atom. The highest BCUT2D eigenvalue weighted by molar-refractivity contribution is 5.96. The molecule has 0 saturated carbocycles. The van der Waals surface area contributed by atoms with Gasteiger partial charge in [0, 0.05) is 0 Å². The van der Waals surface area contributed by atoms with Crippen molar-refractivity contribution in [3.8, 4) is 11.1 Å². The van der Waals surface area contributed by atoms with E-state index in [-0.39, 0.29) is 86.8 Å². The molecule has 0 spiro atoms. The Morgan fingerprint density at radius 1 is 0.326 bits per heavy atom. The van der Waals surface area contributed by atoms with E-state index in [2.05, 4.69) is 9.97 Å². The van der Waals surface area contributed by atoms with E-state index in [1.165, 1.54) is 24.3 Å². The fourth-order valence-corrected chi connectivity index (χ4v) is 3.97. The SMILES string of the molecule is O=C1OCCOCCOCCOCCOC(=O)c2cc(-c3cc4nc(c3)C(=O)OCCOCCOCCOCCOC4=O)cc1n2. The van der Waals surface area contributed by atoms with Crippen molar-refractivity contribution in [2.24, 2.45) is 0 Å². The average molecular weight is 649 g/mol. The Balaban J connectivity index is 1.64. The topological polar surface area (TPSA) is 186 Å². The summed E-state index contributed by atoms with van der Waals surface area (Å²) in [6.45, 7) is 2.53. The number of cyclic esters (lactones) is 4. The van der Waals surface area contributed by atoms with Crippen LogP contribution in [-0.2, 0) is 47.4 Å². The average Bonchev–Trinajstić information content (AvgIpc) is 3.07. The van der Waals surface area contributed by atoms with Gasteiger partial charge in [-0.25, -0.2) is 29.1 Å². The third-order valence-electron chi connectivity index (χ3n) is 6.15. The van der Waals surface area contributed by atoms with Crippen LogP contribution in [0.4, 0.5) is 0 Å². The lowest BCUT2D eigenvalue weighted by Crippen LogP contribution is -2.19. The maximum absolute atomic E-state index is 13.0. The molecule has 0 unspecified atom stereocenters. The number of rotatable bonds is 1. The highest BCUT2D eigenvalue weighted by atomic mass is 16.6. The van der Waals surface area contributed by atoms with Gasteiger partial charge >= 0.3 is 23.9 Å². The van der Waals surface area contributed by atoms with Crippen LogP contribution in [0, 0.1) is 0 Å². The molecule has 2 aromatic rings. The summed E-state index contributed by atoms with van der Waals surface area (Å²) >= 11 is 0. The quantitative estimate of drug-likeness (QED) is 0.313. The molecule has 0 radical (unpaired) electrons. The summed E-state index contributed by atoms with van der Waals surface area (Å²) < 4.78 is 53.5. The number of ether oxygens (including phenoxy) is 10. The largest absolute Gasteiger partial charge is 0.459 e. The second-order valence-corrected chi connectivity index (χ2v) is 9.47. The van der Waals surface area contributed by atoms with Crippen LogP contribution < -0.4 is 0 Å². The lowest BCUT2D eigenvalue weighted by atomic mass is 10.0. The molecule has 4 rings (SSSR count). The first-order chi connectivity index (χ1) is 22.5. The van der Waals surface area contributed by atoms with E-state index in [1.807, 2.05) is 0 Å². The van der Waals surface area contributed by atoms with Crippen LogP contribution in [-0.4, -0.2) is 140 Å². The van der Waals surface area contributed by atoms with Gasteiger partial charge in [-0.2, -0.15) is 0 Å². The van der Waals surface area contributed by atoms with Gasteiger partial charge in [0.2, 0.25) is 0 Å². The minimum Gasteiger partial charge on any atom is -0.459 e. The maximum Gasteiger partial charge on any atom is 0.357 e. The van der Waals surface area contributed by atoms with Crippen molar-refractivity contribution < 1.29 is 66.5 Å². The molecule has 0 atom stereocenters. The predicted molar refractivity (Wildman–Crippen MR) is 154 cm³/mol. The molecule has 2 aromatic heterocycles. The lowest BCUT2D eigenvalue weighted by Gasteiger charge is -2.13. The van der Waals surface area contributed by atoms with Gasteiger partial charge in [0.1, 0.15) is 49.2 Å². The van der Waals surface area contributed by atoms with Crippen molar-refractivity contribution in [2.75, 3.05) is 106 Å². The van der Waals surface area contributed by atoms with E-state index in [4.69, 9.17) is 47.4 Å². The van der Waals surface area contributed by atoms with Gasteiger partial charge in [0.05, 0.1) is 79.3 Å². The summed E-state index contributed by atoms with van der Waals surface area (Å²) in [5, 5.41) is 0. The molecule has 250 valence electrons. The van der Waals surface area contributed by atoms with Crippen molar-refractivity contribution in [1.82, 2.24) is 9.97 Å². The summed E-state index contributed by atoms with van der Waals surface area (Å²) in [4.78, 5) is 60.1. The molecule has 16 heteroatoms. The number of hydrogen-bond donors (Lipinski definition) is 0. The molecule has 0 saturated heterocycles. The van der Waals surface area contributed by atoms with Gasteiger partial charge < -0.3 is 47.4 Å². The van der Waals surface area contributed by atoms with Crippen molar-refractivity contribution >= 4 is 23.9 Å². The number of pyridine rings is 2. The number of nitrogens with zero attached hydrogens (tertiary/aromatic N) is 2. The third kappa shape index (κ3) is 11.7. The molecule has 46 heavy (non-hydrogen) atoms. The zero-order valence-corrected chi connectivity index (χ0v) is 25.2. The Bertz CT molecular complexity index is 1130. The molecule has 0 N–H and O–H groups in total. The predicted octanol–water partition coefficient (Wildman–Crippen LogP) is 0.898. The van der Waals surface area contributed by atoms with E-state index in [0.29, 0.717) is 52.9 Å². The van der Waals surface area contributed by atoms with E-state index >= 15 is 0 Å². The van der Waals surface area contributed by atoms with Gasteiger partial charge in [0.25, 0.3) is 0 Å². The fraction of sp³-hybridized carbons (Fsp3) is 0.533. The van der Waals surface area contributed by atoms with Crippen molar-refractivity contribution in [3.63, 3.8) is 0 Å². The molecule has 4 heterocycles. The molecular weight excluding hydrogens is 612 g/mol. The zero-order valence-electron chi connectivity index (χ0n) is 25.2. The molecule has 2 aliphatic rings. The number of carbonyl (C=O) groups excluding carboxylic acids is 4. The third-order valence-corrected chi connectivity index (χ3v) is 6.15. The normalized spacial score (nSPS) is 19.6. The van der Waals surface area contributed by atoms with E-state index in [9.17, 15) is 19.2 Å². The lowest BCUT2D eigenvalue weighted by molar-refractivity contribution is -0.00768. The second-order valence-electron chi connectivity index (χ2n) is 9.47. The number of hydrogen-bond acceptors (Lipinski definition) is 16. The van der Waals surface area contributed by atoms with Crippen LogP contribution in [0.15, 0.2) is 24.3 Å². The van der Waals surface area contributed by atoms with Crippen LogP contribution >= 0.6 is 0 Å². The highest BCUT2D eigenvalue weighted by Crippen LogP contribution is 2.25. The summed E-state index contributed by atoms with van der Waals surface area (Å²) in [6.07, 6.45) is 0. The minimum absolute atomic E-state index is 0.0880. The van der Waals surface area contributed by atoms with Gasteiger partial charge in [-0.15, -0.1) is 0 Å². The Labute approximate surface area is 264 Å². The van der Waals surface area contributed by atoms with Crippen LogP contribution in [0.25, 0.3) is 11.1 Å². The van der Waals surface area contributed by atoms with Gasteiger partial charge in [0.15, 0.2) is 0 Å². The Hall–Kier alpha value is -4.06. The van der Waals surface area contributed by atoms with Crippen molar-refractivity contribution in [2.45, 2.75) is 0 Å². The van der Waals surface area contributed by atoms with Gasteiger partial charge in [-0.3, -0.25) is 0 Å². The standard InChI is InChI=1S/C30H36N2O14/c33-27-23-17-21(18-24(31-23)28(34)44-14-10-40-6-2-37-1-5-39-9-13-43-27)22-19-25-29(35)45-15-11-41-7-3-38-4-8-42-12-16-46-30(36)26(20-22)32-25/h17-20H,1-16H2. The van der Waals surface area contributed by atoms with Gasteiger partial charge in [-0.05, 0) is 35.4 Å².